The van der Waals surface area contributed by atoms with E-state index in [9.17, 15) is 0 Å². The Labute approximate surface area is 105 Å². The van der Waals surface area contributed by atoms with Crippen molar-refractivity contribution in [2.45, 2.75) is 52.6 Å². The van der Waals surface area contributed by atoms with Crippen molar-refractivity contribution < 1.29 is 17.5 Å². The Balaban J connectivity index is 2.53. The van der Waals surface area contributed by atoms with E-state index in [2.05, 4.69) is 10.2 Å². The third-order valence-corrected chi connectivity index (χ3v) is 3.27. The molecule has 1 aromatic heterocycles. The standard InChI is InChI=1S/C11H19BN2O2/c1-7-8(2)13-14-9(7)12-15-10(3,4)11(5,6)16-12/h1-6H3,(H,13,14)/i1D3,2D3. The van der Waals surface area contributed by atoms with Gasteiger partial charge in [0.05, 0.1) is 16.8 Å². The van der Waals surface area contributed by atoms with Crippen LogP contribution in [0.2, 0.25) is 0 Å². The van der Waals surface area contributed by atoms with Gasteiger partial charge in [0.1, 0.15) is 0 Å². The first-order chi connectivity index (χ1) is 9.67. The van der Waals surface area contributed by atoms with Crippen LogP contribution < -0.4 is 5.59 Å². The van der Waals surface area contributed by atoms with Gasteiger partial charge in [-0.25, -0.2) is 0 Å². The van der Waals surface area contributed by atoms with Crippen LogP contribution in [0.4, 0.5) is 0 Å². The largest absolute Gasteiger partial charge is 0.516 e. The summed E-state index contributed by atoms with van der Waals surface area (Å²) in [5.41, 5.74) is -2.15. The Morgan fingerprint density at radius 2 is 1.81 bits per heavy atom. The van der Waals surface area contributed by atoms with Crippen LogP contribution in [0.3, 0.4) is 0 Å². The minimum Gasteiger partial charge on any atom is -0.398 e. The number of aromatic amines is 1. The summed E-state index contributed by atoms with van der Waals surface area (Å²) in [6, 6.07) is 0. The Hall–Kier alpha value is -0.805. The summed E-state index contributed by atoms with van der Waals surface area (Å²) in [6.45, 7) is 2.02. The van der Waals surface area contributed by atoms with Crippen molar-refractivity contribution >= 4 is 12.7 Å². The van der Waals surface area contributed by atoms with Gasteiger partial charge in [0.25, 0.3) is 0 Å². The van der Waals surface area contributed by atoms with E-state index in [1.54, 1.807) is 0 Å². The molecule has 0 unspecified atom stereocenters. The second kappa shape index (κ2) is 3.34. The average Bonchev–Trinajstić information content (AvgIpc) is 2.77. The first kappa shape index (κ1) is 6.22. The zero-order valence-electron chi connectivity index (χ0n) is 15.8. The highest BCUT2D eigenvalue weighted by atomic mass is 16.7. The lowest BCUT2D eigenvalue weighted by Gasteiger charge is -2.32. The van der Waals surface area contributed by atoms with Gasteiger partial charge >= 0.3 is 7.12 Å². The smallest absolute Gasteiger partial charge is 0.398 e. The van der Waals surface area contributed by atoms with Crippen LogP contribution in [0.15, 0.2) is 0 Å². The third-order valence-electron chi connectivity index (χ3n) is 3.27. The first-order valence-electron chi connectivity index (χ1n) is 8.12. The summed E-state index contributed by atoms with van der Waals surface area (Å²) in [6.07, 6.45) is 0. The molecule has 1 saturated heterocycles. The lowest BCUT2D eigenvalue weighted by molar-refractivity contribution is 0.00578. The molecule has 1 fully saturated rings. The molecule has 1 N–H and O–H groups in total. The van der Waals surface area contributed by atoms with Crippen LogP contribution in [0.5, 0.6) is 0 Å². The summed E-state index contributed by atoms with van der Waals surface area (Å²) in [7, 11) is -1.03. The van der Waals surface area contributed by atoms with E-state index < -0.39 is 37.7 Å². The number of aromatic nitrogens is 2. The quantitative estimate of drug-likeness (QED) is 0.737. The molecule has 1 aromatic rings. The van der Waals surface area contributed by atoms with Crippen molar-refractivity contribution in [1.82, 2.24) is 10.2 Å². The summed E-state index contributed by atoms with van der Waals surface area (Å²) < 4.78 is 56.8. The zero-order chi connectivity index (χ0) is 17.1. The van der Waals surface area contributed by atoms with Crippen molar-refractivity contribution in [2.75, 3.05) is 0 Å². The third kappa shape index (κ3) is 1.58. The van der Waals surface area contributed by atoms with E-state index in [1.165, 1.54) is 0 Å². The van der Waals surface area contributed by atoms with E-state index in [-0.39, 0.29) is 11.2 Å². The molecule has 2 rings (SSSR count). The molecule has 5 heteroatoms. The Morgan fingerprint density at radius 1 is 1.19 bits per heavy atom. The van der Waals surface area contributed by atoms with Gasteiger partial charge in [0.15, 0.2) is 0 Å². The summed E-state index contributed by atoms with van der Waals surface area (Å²) in [5, 5.41) is 6.19. The average molecular weight is 228 g/mol. The monoisotopic (exact) mass is 228 g/mol. The van der Waals surface area contributed by atoms with Gasteiger partial charge < -0.3 is 9.31 Å². The molecule has 0 saturated carbocycles. The fraction of sp³-hybridized carbons (Fsp3) is 0.727. The Bertz CT molecular complexity index is 562. The highest BCUT2D eigenvalue weighted by molar-refractivity contribution is 6.61. The SMILES string of the molecule is [2H]C([2H])([2H])c1[nH]nc(B2OC(C)(C)C(C)(C)O2)c1C([2H])([2H])[2H]. The predicted octanol–water partition coefficient (Wildman–Crippen LogP) is 1.33. The maximum atomic E-state index is 7.63. The lowest BCUT2D eigenvalue weighted by atomic mass is 9.82. The lowest BCUT2D eigenvalue weighted by Crippen LogP contribution is -2.41. The second-order valence-corrected chi connectivity index (χ2v) is 4.95. The summed E-state index contributed by atoms with van der Waals surface area (Å²) in [4.78, 5) is 0. The first-order valence-corrected chi connectivity index (χ1v) is 5.12. The maximum Gasteiger partial charge on any atom is 0.516 e. The molecule has 0 radical (unpaired) electrons. The van der Waals surface area contributed by atoms with Gasteiger partial charge in [-0.05, 0) is 47.0 Å². The van der Waals surface area contributed by atoms with E-state index in [0.29, 0.717) is 0 Å². The number of hydrogen-bond donors (Lipinski definition) is 1. The van der Waals surface area contributed by atoms with Gasteiger partial charge in [-0.15, -0.1) is 0 Å². The number of aryl methyl sites for hydroxylation is 1. The van der Waals surface area contributed by atoms with E-state index in [0.717, 1.165) is 0 Å². The van der Waals surface area contributed by atoms with Crippen molar-refractivity contribution in [3.8, 4) is 0 Å². The van der Waals surface area contributed by atoms with E-state index >= 15 is 0 Å². The molecular formula is C11H19BN2O2. The van der Waals surface area contributed by atoms with Crippen molar-refractivity contribution in [3.05, 3.63) is 11.3 Å². The molecule has 16 heavy (non-hydrogen) atoms. The van der Waals surface area contributed by atoms with Gasteiger partial charge in [-0.3, -0.25) is 5.10 Å². The van der Waals surface area contributed by atoms with Crippen molar-refractivity contribution in [3.63, 3.8) is 0 Å². The van der Waals surface area contributed by atoms with Crippen molar-refractivity contribution in [1.29, 1.82) is 0 Å². The van der Waals surface area contributed by atoms with Crippen LogP contribution >= 0.6 is 0 Å². The molecule has 0 bridgehead atoms. The number of rotatable bonds is 1. The van der Waals surface area contributed by atoms with Gasteiger partial charge in [-0.2, -0.15) is 5.10 Å². The molecule has 0 atom stereocenters. The predicted molar refractivity (Wildman–Crippen MR) is 63.8 cm³/mol. The number of nitrogens with zero attached hydrogens (tertiary/aromatic N) is 1. The normalized spacial score (nSPS) is 29.9. The fourth-order valence-corrected chi connectivity index (χ4v) is 1.48. The topological polar surface area (TPSA) is 47.1 Å². The molecule has 0 amide bonds. The summed E-state index contributed by atoms with van der Waals surface area (Å²) >= 11 is 0. The maximum absolute atomic E-state index is 7.63. The van der Waals surface area contributed by atoms with Crippen molar-refractivity contribution in [2.24, 2.45) is 0 Å². The molecule has 0 spiro atoms. The molecule has 88 valence electrons. The summed E-state index contributed by atoms with van der Waals surface area (Å²) in [5.74, 6) is 0. The molecule has 2 heterocycles. The van der Waals surface area contributed by atoms with E-state index in [4.69, 9.17) is 17.5 Å². The number of hydrogen-bond acceptors (Lipinski definition) is 3. The molecular weight excluding hydrogens is 203 g/mol. The highest BCUT2D eigenvalue weighted by Crippen LogP contribution is 2.36. The molecule has 0 aromatic carbocycles. The van der Waals surface area contributed by atoms with Gasteiger partial charge in [0, 0.05) is 13.9 Å². The zero-order valence-corrected chi connectivity index (χ0v) is 9.84. The van der Waals surface area contributed by atoms with E-state index in [1.807, 2.05) is 27.7 Å². The minimum atomic E-state index is -2.64. The minimum absolute atomic E-state index is 0.0372. The van der Waals surface area contributed by atoms with Crippen LogP contribution in [0, 0.1) is 13.7 Å². The Morgan fingerprint density at radius 3 is 2.31 bits per heavy atom. The number of H-pyrrole nitrogens is 1. The fourth-order valence-electron chi connectivity index (χ4n) is 1.48. The molecule has 4 nitrogen and oxygen atoms in total. The van der Waals surface area contributed by atoms with Gasteiger partial charge in [-0.1, -0.05) is 0 Å². The second-order valence-electron chi connectivity index (χ2n) is 4.95. The molecule has 1 aliphatic rings. The highest BCUT2D eigenvalue weighted by Gasteiger charge is 2.53. The van der Waals surface area contributed by atoms with Crippen LogP contribution in [0.1, 0.15) is 47.2 Å². The van der Waals surface area contributed by atoms with Crippen LogP contribution in [-0.4, -0.2) is 28.5 Å². The molecule has 1 aliphatic heterocycles. The van der Waals surface area contributed by atoms with Crippen LogP contribution in [-0.2, 0) is 9.31 Å². The van der Waals surface area contributed by atoms with Gasteiger partial charge in [0.2, 0.25) is 0 Å². The van der Waals surface area contributed by atoms with Crippen LogP contribution in [0.25, 0.3) is 0 Å². The Kier molecular flexibility index (Phi) is 1.30. The molecule has 0 aliphatic carbocycles. The number of nitrogens with one attached hydrogen (secondary N) is 1.